The van der Waals surface area contributed by atoms with Crippen molar-refractivity contribution in [1.29, 1.82) is 0 Å². The summed E-state index contributed by atoms with van der Waals surface area (Å²) in [5.74, 6) is 1.53. The number of aromatic nitrogens is 3. The molecule has 2 N–H and O–H groups in total. The number of nitrogens with one attached hydrogen (secondary N) is 2. The minimum atomic E-state index is 0.182. The quantitative estimate of drug-likeness (QED) is 0.759. The van der Waals surface area contributed by atoms with Gasteiger partial charge >= 0.3 is 0 Å². The van der Waals surface area contributed by atoms with Gasteiger partial charge in [-0.1, -0.05) is 0 Å². The molecule has 1 aliphatic rings. The van der Waals surface area contributed by atoms with E-state index in [0.29, 0.717) is 5.95 Å². The molecule has 0 radical (unpaired) electrons. The predicted octanol–water partition coefficient (Wildman–Crippen LogP) is 4.10. The Morgan fingerprint density at radius 2 is 2.14 bits per heavy atom. The van der Waals surface area contributed by atoms with Crippen LogP contribution in [-0.4, -0.2) is 20.5 Å². The molecule has 0 aliphatic heterocycles. The van der Waals surface area contributed by atoms with Crippen LogP contribution in [0.4, 0.5) is 17.5 Å². The van der Waals surface area contributed by atoms with E-state index in [0.717, 1.165) is 21.7 Å². The van der Waals surface area contributed by atoms with Crippen molar-refractivity contribution in [2.75, 3.05) is 10.6 Å². The molecule has 0 bridgehead atoms. The molecule has 1 saturated carbocycles. The van der Waals surface area contributed by atoms with Crippen molar-refractivity contribution in [3.8, 4) is 0 Å². The van der Waals surface area contributed by atoms with E-state index in [4.69, 9.17) is 4.98 Å². The normalized spacial score (nSPS) is 15.7. The largest absolute Gasteiger partial charge is 0.364 e. The molecule has 6 heteroatoms. The van der Waals surface area contributed by atoms with Crippen molar-refractivity contribution in [3.63, 3.8) is 0 Å². The van der Waals surface area contributed by atoms with Gasteiger partial charge in [-0.3, -0.25) is 4.98 Å². The summed E-state index contributed by atoms with van der Waals surface area (Å²) in [6.45, 7) is 4.34. The SMILES string of the molecule is Cc1csc2nc(Nc3cccnc3)nc(NC3(C)CC3)c12. The highest BCUT2D eigenvalue weighted by Gasteiger charge is 2.38. The zero-order valence-electron chi connectivity index (χ0n) is 12.6. The Labute approximate surface area is 132 Å². The maximum absolute atomic E-state index is 4.70. The topological polar surface area (TPSA) is 62.7 Å². The van der Waals surface area contributed by atoms with Crippen LogP contribution in [0, 0.1) is 6.92 Å². The van der Waals surface area contributed by atoms with E-state index in [2.05, 4.69) is 39.8 Å². The lowest BCUT2D eigenvalue weighted by atomic mass is 10.2. The Hall–Kier alpha value is -2.21. The smallest absolute Gasteiger partial charge is 0.230 e. The van der Waals surface area contributed by atoms with Gasteiger partial charge in [0.05, 0.1) is 17.3 Å². The van der Waals surface area contributed by atoms with Crippen molar-refractivity contribution in [2.24, 2.45) is 0 Å². The molecular formula is C16H17N5S. The Kier molecular flexibility index (Phi) is 3.00. The van der Waals surface area contributed by atoms with Gasteiger partial charge < -0.3 is 10.6 Å². The highest BCUT2D eigenvalue weighted by atomic mass is 32.1. The molecule has 4 rings (SSSR count). The molecule has 0 unspecified atom stereocenters. The van der Waals surface area contributed by atoms with Crippen molar-refractivity contribution in [2.45, 2.75) is 32.2 Å². The third-order valence-corrected chi connectivity index (χ3v) is 4.95. The van der Waals surface area contributed by atoms with Gasteiger partial charge in [0, 0.05) is 11.7 Å². The van der Waals surface area contributed by atoms with E-state index in [1.807, 2.05) is 12.1 Å². The fourth-order valence-corrected chi connectivity index (χ4v) is 3.32. The summed E-state index contributed by atoms with van der Waals surface area (Å²) in [4.78, 5) is 14.4. The van der Waals surface area contributed by atoms with Gasteiger partial charge in [-0.2, -0.15) is 4.98 Å². The van der Waals surface area contributed by atoms with Crippen LogP contribution >= 0.6 is 11.3 Å². The first kappa shape index (κ1) is 13.5. The number of rotatable bonds is 4. The van der Waals surface area contributed by atoms with Gasteiger partial charge in [-0.05, 0) is 49.8 Å². The van der Waals surface area contributed by atoms with Crippen LogP contribution < -0.4 is 10.6 Å². The molecular weight excluding hydrogens is 294 g/mol. The maximum Gasteiger partial charge on any atom is 0.230 e. The Bertz CT molecular complexity index is 823. The summed E-state index contributed by atoms with van der Waals surface area (Å²) < 4.78 is 0. The Balaban J connectivity index is 1.76. The van der Waals surface area contributed by atoms with Crippen molar-refractivity contribution in [3.05, 3.63) is 35.5 Å². The van der Waals surface area contributed by atoms with Crippen LogP contribution in [0.15, 0.2) is 29.9 Å². The summed E-state index contributed by atoms with van der Waals surface area (Å²) >= 11 is 1.65. The summed E-state index contributed by atoms with van der Waals surface area (Å²) in [6, 6.07) is 3.84. The zero-order chi connectivity index (χ0) is 15.2. The van der Waals surface area contributed by atoms with Gasteiger partial charge in [0.25, 0.3) is 0 Å². The number of anilines is 3. The molecule has 3 heterocycles. The van der Waals surface area contributed by atoms with Gasteiger partial charge in [0.2, 0.25) is 5.95 Å². The standard InChI is InChI=1S/C16H17N5S/c1-10-9-22-14-12(10)13(21-16(2)5-6-16)19-15(20-14)18-11-4-3-7-17-8-11/h3-4,7-9H,5-6H2,1-2H3,(H2,18,19,20,21). The molecule has 0 spiro atoms. The fraction of sp³-hybridized carbons (Fsp3) is 0.312. The lowest BCUT2D eigenvalue weighted by Crippen LogP contribution is -2.17. The summed E-state index contributed by atoms with van der Waals surface area (Å²) in [6.07, 6.45) is 5.89. The van der Waals surface area contributed by atoms with E-state index in [1.165, 1.54) is 18.4 Å². The lowest BCUT2D eigenvalue weighted by Gasteiger charge is -2.15. The minimum absolute atomic E-state index is 0.182. The van der Waals surface area contributed by atoms with Gasteiger partial charge in [-0.25, -0.2) is 4.98 Å². The summed E-state index contributed by atoms with van der Waals surface area (Å²) in [5, 5.41) is 10.1. The number of pyridine rings is 1. The molecule has 112 valence electrons. The second-order valence-corrected chi connectivity index (χ2v) is 6.91. The van der Waals surface area contributed by atoms with E-state index in [-0.39, 0.29) is 5.54 Å². The molecule has 0 amide bonds. The third kappa shape index (κ3) is 2.50. The molecule has 5 nitrogen and oxygen atoms in total. The highest BCUT2D eigenvalue weighted by molar-refractivity contribution is 7.17. The van der Waals surface area contributed by atoms with Crippen LogP contribution in [0.2, 0.25) is 0 Å². The minimum Gasteiger partial charge on any atom is -0.364 e. The fourth-order valence-electron chi connectivity index (χ4n) is 2.39. The predicted molar refractivity (Wildman–Crippen MR) is 90.9 cm³/mol. The second kappa shape index (κ2) is 4.91. The third-order valence-electron chi connectivity index (χ3n) is 3.96. The molecule has 1 fully saturated rings. The van der Waals surface area contributed by atoms with E-state index in [1.54, 1.807) is 23.7 Å². The van der Waals surface area contributed by atoms with Crippen molar-refractivity contribution < 1.29 is 0 Å². The van der Waals surface area contributed by atoms with Gasteiger partial charge in [0.15, 0.2) is 0 Å². The van der Waals surface area contributed by atoms with E-state index in [9.17, 15) is 0 Å². The molecule has 0 atom stereocenters. The number of nitrogens with zero attached hydrogens (tertiary/aromatic N) is 3. The second-order valence-electron chi connectivity index (χ2n) is 6.05. The van der Waals surface area contributed by atoms with Crippen LogP contribution in [-0.2, 0) is 0 Å². The van der Waals surface area contributed by atoms with E-state index < -0.39 is 0 Å². The van der Waals surface area contributed by atoms with Crippen molar-refractivity contribution in [1.82, 2.24) is 15.0 Å². The van der Waals surface area contributed by atoms with Gasteiger partial charge in [-0.15, -0.1) is 11.3 Å². The molecule has 22 heavy (non-hydrogen) atoms. The lowest BCUT2D eigenvalue weighted by molar-refractivity contribution is 0.823. The molecule has 1 aliphatic carbocycles. The number of thiophene rings is 1. The molecule has 3 aromatic heterocycles. The highest BCUT2D eigenvalue weighted by Crippen LogP contribution is 2.40. The number of hydrogen-bond acceptors (Lipinski definition) is 6. The Morgan fingerprint density at radius 1 is 1.27 bits per heavy atom. The molecule has 0 aromatic carbocycles. The van der Waals surface area contributed by atoms with Crippen LogP contribution in [0.5, 0.6) is 0 Å². The van der Waals surface area contributed by atoms with E-state index >= 15 is 0 Å². The number of fused-ring (bicyclic) bond motifs is 1. The monoisotopic (exact) mass is 311 g/mol. The van der Waals surface area contributed by atoms with Crippen LogP contribution in [0.25, 0.3) is 10.2 Å². The average Bonchev–Trinajstić information content (AvgIpc) is 3.10. The maximum atomic E-state index is 4.70. The average molecular weight is 311 g/mol. The Morgan fingerprint density at radius 3 is 2.86 bits per heavy atom. The van der Waals surface area contributed by atoms with Crippen LogP contribution in [0.3, 0.4) is 0 Å². The van der Waals surface area contributed by atoms with Gasteiger partial charge in [0.1, 0.15) is 10.6 Å². The number of hydrogen-bond donors (Lipinski definition) is 2. The number of aryl methyl sites for hydroxylation is 1. The van der Waals surface area contributed by atoms with Crippen molar-refractivity contribution >= 4 is 39.0 Å². The zero-order valence-corrected chi connectivity index (χ0v) is 13.4. The summed E-state index contributed by atoms with van der Waals surface area (Å²) in [7, 11) is 0. The molecule has 3 aromatic rings. The first-order valence-electron chi connectivity index (χ1n) is 7.34. The molecule has 0 saturated heterocycles. The van der Waals surface area contributed by atoms with Crippen LogP contribution in [0.1, 0.15) is 25.3 Å². The first-order valence-corrected chi connectivity index (χ1v) is 8.22. The summed E-state index contributed by atoms with van der Waals surface area (Å²) in [5.41, 5.74) is 2.29. The first-order chi connectivity index (χ1) is 10.6.